The van der Waals surface area contributed by atoms with Crippen LogP contribution in [0, 0.1) is 48.3 Å². The molecular weight excluding hydrogens is 608 g/mol. The van der Waals surface area contributed by atoms with Crippen LogP contribution in [0.4, 0.5) is 5.00 Å². The number of thiophene rings is 2. The SMILES string of the molecule is CC(=N)N1C(=N)[C@H](CC(=O)NCC#Cc2ccc(C#CCCCCCCN)s2)N=C(c2ccc(Cl)cc2)c2c1sc(C)c2C. The third kappa shape index (κ3) is 8.46. The van der Waals surface area contributed by atoms with Gasteiger partial charge >= 0.3 is 0 Å². The quantitative estimate of drug-likeness (QED) is 0.0878. The highest BCUT2D eigenvalue weighted by atomic mass is 35.5. The lowest BCUT2D eigenvalue weighted by Gasteiger charge is -2.24. The van der Waals surface area contributed by atoms with Crippen molar-refractivity contribution in [1.82, 2.24) is 5.32 Å². The number of hydrogen-bond donors (Lipinski definition) is 4. The van der Waals surface area contributed by atoms with Gasteiger partial charge in [0.1, 0.15) is 22.7 Å². The largest absolute Gasteiger partial charge is 0.345 e. The number of nitrogens with one attached hydrogen (secondary N) is 3. The summed E-state index contributed by atoms with van der Waals surface area (Å²) < 4.78 is 0. The Morgan fingerprint density at radius 1 is 1.05 bits per heavy atom. The van der Waals surface area contributed by atoms with Crippen molar-refractivity contribution in [3.63, 3.8) is 0 Å². The Morgan fingerprint density at radius 2 is 1.73 bits per heavy atom. The fourth-order valence-corrected chi connectivity index (χ4v) is 6.85. The fourth-order valence-electron chi connectivity index (χ4n) is 4.74. The molecule has 10 heteroatoms. The van der Waals surface area contributed by atoms with E-state index < -0.39 is 6.04 Å². The second-order valence-corrected chi connectivity index (χ2v) is 13.2. The third-order valence-corrected chi connectivity index (χ3v) is 9.50. The number of unbranched alkanes of at least 4 members (excludes halogenated alkanes) is 4. The zero-order valence-corrected chi connectivity index (χ0v) is 27.7. The number of benzene rings is 1. The number of nitrogens with two attached hydrogens (primary N) is 1. The van der Waals surface area contributed by atoms with Crippen molar-refractivity contribution in [2.45, 2.75) is 65.3 Å². The minimum Gasteiger partial charge on any atom is -0.345 e. The highest BCUT2D eigenvalue weighted by Gasteiger charge is 2.34. The zero-order chi connectivity index (χ0) is 31.6. The molecule has 0 fully saturated rings. The standard InChI is InChI=1S/C34H37ClN6OS2/c1-22-23(2)43-34-31(22)32(25-13-15-26(35)16-14-25)40-29(33(38)41(34)24(3)37)21-30(42)39-20-10-12-28-18-17-27(44-28)11-8-6-4-5-7-9-19-36/h13-18,29,37-38H,4-7,9,19-21,36H2,1-3H3,(H,39,42)/t29-/m0/s1. The number of halogens is 1. The van der Waals surface area contributed by atoms with Crippen molar-refractivity contribution in [2.24, 2.45) is 10.7 Å². The average Bonchev–Trinajstić information content (AvgIpc) is 3.53. The maximum atomic E-state index is 13.1. The molecule has 4 rings (SSSR count). The number of rotatable bonds is 9. The molecule has 7 nitrogen and oxygen atoms in total. The second-order valence-electron chi connectivity index (χ2n) is 10.5. The third-order valence-electron chi connectivity index (χ3n) is 7.14. The molecular formula is C34H37ClN6OS2. The first-order chi connectivity index (χ1) is 21.2. The molecule has 228 valence electrons. The molecule has 1 aliphatic rings. The lowest BCUT2D eigenvalue weighted by Crippen LogP contribution is -2.42. The highest BCUT2D eigenvalue weighted by Crippen LogP contribution is 2.40. The minimum absolute atomic E-state index is 0.0423. The van der Waals surface area contributed by atoms with Crippen LogP contribution in [0.2, 0.25) is 5.02 Å². The number of aryl methyl sites for hydroxylation is 1. The van der Waals surface area contributed by atoms with Gasteiger partial charge in [-0.15, -0.1) is 22.7 Å². The predicted molar refractivity (Wildman–Crippen MR) is 186 cm³/mol. The molecule has 0 saturated carbocycles. The molecule has 0 saturated heterocycles. The predicted octanol–water partition coefficient (Wildman–Crippen LogP) is 6.90. The first-order valence-corrected chi connectivity index (χ1v) is 16.6. The number of amides is 1. The Balaban J connectivity index is 1.44. The van der Waals surface area contributed by atoms with Gasteiger partial charge in [0.15, 0.2) is 0 Å². The lowest BCUT2D eigenvalue weighted by atomic mass is 9.99. The number of aliphatic imine (C=N–C) groups is 1. The summed E-state index contributed by atoms with van der Waals surface area (Å²) in [6.45, 7) is 6.62. The van der Waals surface area contributed by atoms with E-state index >= 15 is 0 Å². The van der Waals surface area contributed by atoms with Gasteiger partial charge in [0.05, 0.1) is 28.4 Å². The van der Waals surface area contributed by atoms with Gasteiger partial charge in [-0.1, -0.05) is 60.3 Å². The number of nitrogens with zero attached hydrogens (tertiary/aromatic N) is 2. The van der Waals surface area contributed by atoms with Gasteiger partial charge in [-0.25, -0.2) is 0 Å². The van der Waals surface area contributed by atoms with E-state index in [1.54, 1.807) is 24.0 Å². The maximum absolute atomic E-state index is 13.1. The van der Waals surface area contributed by atoms with Gasteiger partial charge in [-0.3, -0.25) is 25.5 Å². The molecule has 0 unspecified atom stereocenters. The fraction of sp³-hybridized carbons (Fsp3) is 0.353. The summed E-state index contributed by atoms with van der Waals surface area (Å²) in [5, 5.41) is 21.8. The monoisotopic (exact) mass is 644 g/mol. The van der Waals surface area contributed by atoms with Gasteiger partial charge in [-0.2, -0.15) is 0 Å². The number of carbonyl (C=O) groups is 1. The minimum atomic E-state index is -0.785. The molecule has 44 heavy (non-hydrogen) atoms. The van der Waals surface area contributed by atoms with E-state index in [0.29, 0.717) is 10.7 Å². The number of carbonyl (C=O) groups excluding carboxylic acids is 1. The molecule has 0 radical (unpaired) electrons. The first-order valence-electron chi connectivity index (χ1n) is 14.6. The Bertz CT molecular complexity index is 1680. The molecule has 1 atom stereocenters. The van der Waals surface area contributed by atoms with Crippen molar-refractivity contribution in [2.75, 3.05) is 18.0 Å². The smallest absolute Gasteiger partial charge is 0.223 e. The molecule has 3 heterocycles. The van der Waals surface area contributed by atoms with E-state index in [0.717, 1.165) is 75.0 Å². The Labute approximate surface area is 272 Å². The number of anilines is 1. The van der Waals surface area contributed by atoms with Crippen molar-refractivity contribution < 1.29 is 4.79 Å². The molecule has 0 spiro atoms. The molecule has 1 amide bonds. The summed E-state index contributed by atoms with van der Waals surface area (Å²) in [7, 11) is 0. The molecule has 0 bridgehead atoms. The summed E-state index contributed by atoms with van der Waals surface area (Å²) in [6, 6.07) is 10.5. The highest BCUT2D eigenvalue weighted by molar-refractivity contribution is 7.17. The van der Waals surface area contributed by atoms with Crippen LogP contribution in [0.3, 0.4) is 0 Å². The van der Waals surface area contributed by atoms with Gasteiger partial charge < -0.3 is 11.1 Å². The molecule has 1 aromatic carbocycles. The van der Waals surface area contributed by atoms with Crippen LogP contribution < -0.4 is 16.0 Å². The summed E-state index contributed by atoms with van der Waals surface area (Å²) in [5.74, 6) is 12.6. The summed E-state index contributed by atoms with van der Waals surface area (Å²) >= 11 is 9.23. The maximum Gasteiger partial charge on any atom is 0.223 e. The van der Waals surface area contributed by atoms with Crippen molar-refractivity contribution >= 4 is 62.6 Å². The molecule has 3 aromatic rings. The van der Waals surface area contributed by atoms with E-state index in [-0.39, 0.29) is 30.5 Å². The Hall–Kier alpha value is -3.73. The van der Waals surface area contributed by atoms with Crippen LogP contribution in [0.1, 0.15) is 76.8 Å². The van der Waals surface area contributed by atoms with E-state index in [1.165, 1.54) is 22.7 Å². The normalized spacial score (nSPS) is 14.0. The Morgan fingerprint density at radius 3 is 2.41 bits per heavy atom. The van der Waals surface area contributed by atoms with Crippen LogP contribution in [0.5, 0.6) is 0 Å². The molecule has 0 aliphatic carbocycles. The molecule has 2 aromatic heterocycles. The summed E-state index contributed by atoms with van der Waals surface area (Å²) in [6.07, 6.45) is 5.31. The van der Waals surface area contributed by atoms with Crippen LogP contribution >= 0.6 is 34.3 Å². The van der Waals surface area contributed by atoms with Gasteiger partial charge in [0.25, 0.3) is 0 Å². The van der Waals surface area contributed by atoms with E-state index in [1.807, 2.05) is 38.1 Å². The lowest BCUT2D eigenvalue weighted by molar-refractivity contribution is -0.120. The summed E-state index contributed by atoms with van der Waals surface area (Å²) in [4.78, 5) is 22.6. The van der Waals surface area contributed by atoms with Crippen LogP contribution in [-0.2, 0) is 4.79 Å². The summed E-state index contributed by atoms with van der Waals surface area (Å²) in [5.41, 5.74) is 8.98. The van der Waals surface area contributed by atoms with Gasteiger partial charge in [0, 0.05) is 27.4 Å². The topological polar surface area (TPSA) is 118 Å². The van der Waals surface area contributed by atoms with E-state index in [2.05, 4.69) is 29.0 Å². The van der Waals surface area contributed by atoms with Crippen LogP contribution in [-0.4, -0.2) is 42.4 Å². The van der Waals surface area contributed by atoms with Gasteiger partial charge in [0.2, 0.25) is 5.91 Å². The average molecular weight is 645 g/mol. The number of amidine groups is 2. The van der Waals surface area contributed by atoms with E-state index in [9.17, 15) is 4.79 Å². The van der Waals surface area contributed by atoms with Crippen molar-refractivity contribution in [3.8, 4) is 23.7 Å². The molecule has 1 aliphatic heterocycles. The molecule has 5 N–H and O–H groups in total. The number of hydrogen-bond acceptors (Lipinski definition) is 7. The van der Waals surface area contributed by atoms with Crippen LogP contribution in [0.15, 0.2) is 41.4 Å². The van der Waals surface area contributed by atoms with Gasteiger partial charge in [-0.05, 0) is 70.0 Å². The second kappa shape index (κ2) is 15.8. The van der Waals surface area contributed by atoms with Crippen molar-refractivity contribution in [3.05, 3.63) is 72.7 Å². The van der Waals surface area contributed by atoms with E-state index in [4.69, 9.17) is 33.1 Å². The Kier molecular flexibility index (Phi) is 11.9. The number of fused-ring (bicyclic) bond motifs is 1. The first kappa shape index (κ1) is 33.2. The zero-order valence-electron chi connectivity index (χ0n) is 25.3. The van der Waals surface area contributed by atoms with Crippen molar-refractivity contribution in [1.29, 1.82) is 10.8 Å². The van der Waals surface area contributed by atoms with Crippen LogP contribution in [0.25, 0.3) is 0 Å².